The van der Waals surface area contributed by atoms with Gasteiger partial charge in [-0.05, 0) is 55.1 Å². The Morgan fingerprint density at radius 3 is 2.19 bits per heavy atom. The van der Waals surface area contributed by atoms with Crippen molar-refractivity contribution in [3.8, 4) is 0 Å². The van der Waals surface area contributed by atoms with Gasteiger partial charge in [0, 0.05) is 17.5 Å². The van der Waals surface area contributed by atoms with Crippen LogP contribution in [-0.2, 0) is 0 Å². The van der Waals surface area contributed by atoms with Gasteiger partial charge in [0.05, 0.1) is 6.04 Å². The Morgan fingerprint density at radius 2 is 1.67 bits per heavy atom. The van der Waals surface area contributed by atoms with Crippen LogP contribution in [0.3, 0.4) is 0 Å². The fourth-order valence-corrected chi connectivity index (χ4v) is 2.49. The van der Waals surface area contributed by atoms with E-state index in [-0.39, 0.29) is 17.8 Å². The predicted molar refractivity (Wildman–Crippen MR) is 85.1 cm³/mol. The molecule has 0 radical (unpaired) electrons. The molecule has 0 saturated heterocycles. The van der Waals surface area contributed by atoms with Crippen molar-refractivity contribution in [2.24, 2.45) is 0 Å². The monoisotopic (exact) mass is 303 g/mol. The molecule has 0 N–H and O–H groups in total. The molecule has 0 aliphatic heterocycles. The molecule has 1 amide bonds. The summed E-state index contributed by atoms with van der Waals surface area (Å²) in [7, 11) is 1.76. The summed E-state index contributed by atoms with van der Waals surface area (Å²) >= 11 is 1.64. The summed E-state index contributed by atoms with van der Waals surface area (Å²) in [5, 5.41) is 0. The zero-order valence-corrected chi connectivity index (χ0v) is 13.2. The van der Waals surface area contributed by atoms with Gasteiger partial charge in [0.15, 0.2) is 0 Å². The van der Waals surface area contributed by atoms with Crippen LogP contribution in [0, 0.1) is 5.82 Å². The van der Waals surface area contributed by atoms with Crippen molar-refractivity contribution in [3.05, 3.63) is 65.5 Å². The fraction of sp³-hybridized carbons (Fsp3) is 0.235. The minimum Gasteiger partial charge on any atom is -0.335 e. The number of amides is 1. The molecule has 0 aliphatic carbocycles. The molecule has 4 heteroatoms. The molecule has 0 fully saturated rings. The average Bonchev–Trinajstić information content (AvgIpc) is 2.53. The van der Waals surface area contributed by atoms with Gasteiger partial charge in [-0.3, -0.25) is 4.79 Å². The molecule has 2 rings (SSSR count). The van der Waals surface area contributed by atoms with Crippen LogP contribution in [0.25, 0.3) is 0 Å². The third kappa shape index (κ3) is 3.64. The quantitative estimate of drug-likeness (QED) is 0.781. The molecule has 21 heavy (non-hydrogen) atoms. The van der Waals surface area contributed by atoms with Crippen LogP contribution in [0.4, 0.5) is 4.39 Å². The van der Waals surface area contributed by atoms with Gasteiger partial charge in [0.2, 0.25) is 0 Å². The second kappa shape index (κ2) is 6.76. The van der Waals surface area contributed by atoms with Gasteiger partial charge >= 0.3 is 0 Å². The molecule has 2 nitrogen and oxygen atoms in total. The third-order valence-corrected chi connectivity index (χ3v) is 4.33. The van der Waals surface area contributed by atoms with E-state index in [1.54, 1.807) is 35.8 Å². The Balaban J connectivity index is 2.15. The molecule has 2 aromatic rings. The number of benzene rings is 2. The van der Waals surface area contributed by atoms with E-state index < -0.39 is 0 Å². The first kappa shape index (κ1) is 15.6. The summed E-state index contributed by atoms with van der Waals surface area (Å²) in [6.45, 7) is 1.93. The number of hydrogen-bond donors (Lipinski definition) is 0. The van der Waals surface area contributed by atoms with Gasteiger partial charge in [-0.1, -0.05) is 12.1 Å². The van der Waals surface area contributed by atoms with Crippen LogP contribution < -0.4 is 0 Å². The highest BCUT2D eigenvalue weighted by molar-refractivity contribution is 7.98. The molecule has 1 atom stereocenters. The SMILES string of the molecule is CSc1ccc(C(=O)N(C)C(C)c2ccc(F)cc2)cc1. The minimum atomic E-state index is -0.271. The van der Waals surface area contributed by atoms with Crippen molar-refractivity contribution in [1.29, 1.82) is 0 Å². The summed E-state index contributed by atoms with van der Waals surface area (Å²) in [6.07, 6.45) is 2.00. The summed E-state index contributed by atoms with van der Waals surface area (Å²) in [4.78, 5) is 15.3. The Bertz CT molecular complexity index is 610. The Morgan fingerprint density at radius 1 is 1.10 bits per heavy atom. The summed E-state index contributed by atoms with van der Waals surface area (Å²) < 4.78 is 13.0. The first-order valence-corrected chi connectivity index (χ1v) is 7.92. The van der Waals surface area contributed by atoms with Crippen molar-refractivity contribution in [2.45, 2.75) is 17.9 Å². The van der Waals surface area contributed by atoms with Crippen LogP contribution >= 0.6 is 11.8 Å². The van der Waals surface area contributed by atoms with Crippen LogP contribution in [0.5, 0.6) is 0 Å². The largest absolute Gasteiger partial charge is 0.335 e. The number of carbonyl (C=O) groups excluding carboxylic acids is 1. The van der Waals surface area contributed by atoms with E-state index in [2.05, 4.69) is 0 Å². The molecule has 110 valence electrons. The molecular formula is C17H18FNOS. The third-order valence-electron chi connectivity index (χ3n) is 3.59. The first-order valence-electron chi connectivity index (χ1n) is 6.69. The van der Waals surface area contributed by atoms with Gasteiger partial charge in [-0.15, -0.1) is 11.8 Å². The molecule has 0 aliphatic rings. The number of thioether (sulfide) groups is 1. The molecule has 0 bridgehead atoms. The highest BCUT2D eigenvalue weighted by Crippen LogP contribution is 2.22. The molecule has 2 aromatic carbocycles. The molecule has 0 spiro atoms. The summed E-state index contributed by atoms with van der Waals surface area (Å²) in [5.41, 5.74) is 1.57. The van der Waals surface area contributed by atoms with Crippen molar-refractivity contribution >= 4 is 17.7 Å². The highest BCUT2D eigenvalue weighted by Gasteiger charge is 2.18. The van der Waals surface area contributed by atoms with E-state index in [4.69, 9.17) is 0 Å². The van der Waals surface area contributed by atoms with E-state index in [1.165, 1.54) is 12.1 Å². The molecule has 0 heterocycles. The average molecular weight is 303 g/mol. The van der Waals surface area contributed by atoms with Crippen LogP contribution in [0.2, 0.25) is 0 Å². The Hall–Kier alpha value is -1.81. The Labute approximate surface area is 129 Å². The molecule has 0 saturated carbocycles. The van der Waals surface area contributed by atoms with E-state index in [1.807, 2.05) is 37.4 Å². The maximum Gasteiger partial charge on any atom is 0.254 e. The van der Waals surface area contributed by atoms with Crippen molar-refractivity contribution in [2.75, 3.05) is 13.3 Å². The van der Waals surface area contributed by atoms with Crippen molar-refractivity contribution in [3.63, 3.8) is 0 Å². The van der Waals surface area contributed by atoms with Crippen LogP contribution in [0.15, 0.2) is 53.4 Å². The minimum absolute atomic E-state index is 0.0421. The lowest BCUT2D eigenvalue weighted by molar-refractivity contribution is 0.0742. The maximum absolute atomic E-state index is 13.0. The highest BCUT2D eigenvalue weighted by atomic mass is 32.2. The van der Waals surface area contributed by atoms with Crippen molar-refractivity contribution in [1.82, 2.24) is 4.90 Å². The van der Waals surface area contributed by atoms with Gasteiger partial charge in [-0.2, -0.15) is 0 Å². The van der Waals surface area contributed by atoms with E-state index in [0.29, 0.717) is 5.56 Å². The maximum atomic E-state index is 13.0. The van der Waals surface area contributed by atoms with Gasteiger partial charge in [-0.25, -0.2) is 4.39 Å². The standard InChI is InChI=1S/C17H18FNOS/c1-12(13-4-8-15(18)9-5-13)19(2)17(20)14-6-10-16(21-3)11-7-14/h4-12H,1-3H3. The van der Waals surface area contributed by atoms with Crippen LogP contribution in [0.1, 0.15) is 28.9 Å². The second-order valence-electron chi connectivity index (χ2n) is 4.87. The number of nitrogens with zero attached hydrogens (tertiary/aromatic N) is 1. The predicted octanol–water partition coefficient (Wildman–Crippen LogP) is 4.38. The smallest absolute Gasteiger partial charge is 0.254 e. The number of hydrogen-bond acceptors (Lipinski definition) is 2. The number of rotatable bonds is 4. The topological polar surface area (TPSA) is 20.3 Å². The second-order valence-corrected chi connectivity index (χ2v) is 5.75. The lowest BCUT2D eigenvalue weighted by Gasteiger charge is -2.25. The van der Waals surface area contributed by atoms with Gasteiger partial charge in [0.1, 0.15) is 5.82 Å². The number of carbonyl (C=O) groups is 1. The molecular weight excluding hydrogens is 285 g/mol. The normalized spacial score (nSPS) is 12.0. The van der Waals surface area contributed by atoms with E-state index in [9.17, 15) is 9.18 Å². The first-order chi connectivity index (χ1) is 10.0. The zero-order chi connectivity index (χ0) is 15.4. The lowest BCUT2D eigenvalue weighted by atomic mass is 10.1. The van der Waals surface area contributed by atoms with Gasteiger partial charge < -0.3 is 4.90 Å². The summed E-state index contributed by atoms with van der Waals surface area (Å²) in [5.74, 6) is -0.313. The molecule has 1 unspecified atom stereocenters. The van der Waals surface area contributed by atoms with Crippen molar-refractivity contribution < 1.29 is 9.18 Å². The lowest BCUT2D eigenvalue weighted by Crippen LogP contribution is -2.29. The van der Waals surface area contributed by atoms with E-state index >= 15 is 0 Å². The van der Waals surface area contributed by atoms with Gasteiger partial charge in [0.25, 0.3) is 5.91 Å². The fourth-order valence-electron chi connectivity index (χ4n) is 2.08. The molecule has 0 aromatic heterocycles. The van der Waals surface area contributed by atoms with E-state index in [0.717, 1.165) is 10.5 Å². The zero-order valence-electron chi connectivity index (χ0n) is 12.3. The number of halogens is 1. The summed E-state index contributed by atoms with van der Waals surface area (Å²) in [6, 6.07) is 13.7. The Kier molecular flexibility index (Phi) is 5.02. The van der Waals surface area contributed by atoms with Crippen LogP contribution in [-0.4, -0.2) is 24.1 Å².